The summed E-state index contributed by atoms with van der Waals surface area (Å²) >= 11 is 0. The molecule has 1 radical (unpaired) electrons. The van der Waals surface area contributed by atoms with Gasteiger partial charge >= 0.3 is 0 Å². The highest BCUT2D eigenvalue weighted by atomic mass is 15.1. The molecular formula is C17H18N3. The fraction of sp³-hybridized carbons (Fsp3) is 0.235. The van der Waals surface area contributed by atoms with Crippen LogP contribution in [0.5, 0.6) is 0 Å². The molecule has 3 heteroatoms. The number of benzene rings is 2. The number of hydrogen-bond donors (Lipinski definition) is 0. The van der Waals surface area contributed by atoms with E-state index in [1.54, 1.807) is 0 Å². The lowest BCUT2D eigenvalue weighted by atomic mass is 10.1. The van der Waals surface area contributed by atoms with Crippen LogP contribution in [-0.4, -0.2) is 9.55 Å². The van der Waals surface area contributed by atoms with E-state index in [9.17, 15) is 0 Å². The molecule has 0 aliphatic carbocycles. The molecule has 1 aromatic heterocycles. The summed E-state index contributed by atoms with van der Waals surface area (Å²) in [6.45, 7) is 5.14. The fourth-order valence-corrected chi connectivity index (χ4v) is 2.49. The first kappa shape index (κ1) is 12.7. The highest BCUT2D eigenvalue weighted by molar-refractivity contribution is 5.76. The van der Waals surface area contributed by atoms with Crippen LogP contribution in [0.3, 0.4) is 0 Å². The quantitative estimate of drug-likeness (QED) is 0.701. The van der Waals surface area contributed by atoms with Crippen molar-refractivity contribution in [1.82, 2.24) is 15.3 Å². The number of hydrogen-bond acceptors (Lipinski definition) is 1. The Balaban J connectivity index is 2.09. The first-order chi connectivity index (χ1) is 9.65. The molecule has 0 atom stereocenters. The van der Waals surface area contributed by atoms with Crippen molar-refractivity contribution in [2.24, 2.45) is 0 Å². The summed E-state index contributed by atoms with van der Waals surface area (Å²) in [6, 6.07) is 16.0. The molecule has 0 bridgehead atoms. The molecule has 0 saturated heterocycles. The van der Waals surface area contributed by atoms with Gasteiger partial charge in [0.15, 0.2) is 0 Å². The van der Waals surface area contributed by atoms with Crippen LogP contribution in [0.2, 0.25) is 0 Å². The number of para-hydroxylation sites is 2. The van der Waals surface area contributed by atoms with Gasteiger partial charge in [-0.25, -0.2) is 4.98 Å². The first-order valence-electron chi connectivity index (χ1n) is 6.91. The van der Waals surface area contributed by atoms with E-state index in [0.717, 1.165) is 17.9 Å². The molecule has 3 rings (SSSR count). The predicted molar refractivity (Wildman–Crippen MR) is 82.1 cm³/mol. The van der Waals surface area contributed by atoms with Crippen molar-refractivity contribution < 1.29 is 0 Å². The topological polar surface area (TPSA) is 41.6 Å². The van der Waals surface area contributed by atoms with E-state index in [-0.39, 0.29) is 0 Å². The third kappa shape index (κ3) is 2.27. The van der Waals surface area contributed by atoms with Crippen molar-refractivity contribution in [3.63, 3.8) is 0 Å². The SMILES string of the molecule is CC(C)c1nc2ccccc2n1Cc1ccc([NH])cc1. The number of imidazole rings is 1. The zero-order valence-corrected chi connectivity index (χ0v) is 11.8. The van der Waals surface area contributed by atoms with Gasteiger partial charge in [-0.05, 0) is 29.8 Å². The maximum absolute atomic E-state index is 7.56. The van der Waals surface area contributed by atoms with E-state index in [1.807, 2.05) is 30.3 Å². The van der Waals surface area contributed by atoms with E-state index in [1.165, 1.54) is 11.1 Å². The second-order valence-electron chi connectivity index (χ2n) is 5.40. The van der Waals surface area contributed by atoms with Gasteiger partial charge in [-0.1, -0.05) is 38.1 Å². The highest BCUT2D eigenvalue weighted by Crippen LogP contribution is 2.23. The number of nitrogens with zero attached hydrogens (tertiary/aromatic N) is 2. The van der Waals surface area contributed by atoms with Gasteiger partial charge in [-0.15, -0.1) is 0 Å². The Morgan fingerprint density at radius 2 is 1.75 bits per heavy atom. The van der Waals surface area contributed by atoms with Crippen LogP contribution in [-0.2, 0) is 6.54 Å². The predicted octanol–water partition coefficient (Wildman–Crippen LogP) is 4.12. The van der Waals surface area contributed by atoms with E-state index < -0.39 is 0 Å². The molecule has 3 nitrogen and oxygen atoms in total. The Labute approximate surface area is 119 Å². The summed E-state index contributed by atoms with van der Waals surface area (Å²) in [5.41, 5.74) is 11.5. The molecule has 0 fully saturated rings. The molecule has 0 amide bonds. The number of aromatic nitrogens is 2. The van der Waals surface area contributed by atoms with Crippen molar-refractivity contribution in [3.8, 4) is 0 Å². The second-order valence-corrected chi connectivity index (χ2v) is 5.40. The van der Waals surface area contributed by atoms with Gasteiger partial charge in [0.25, 0.3) is 0 Å². The Morgan fingerprint density at radius 3 is 2.45 bits per heavy atom. The van der Waals surface area contributed by atoms with Crippen LogP contribution < -0.4 is 5.73 Å². The monoisotopic (exact) mass is 264 g/mol. The normalized spacial score (nSPS) is 11.3. The first-order valence-corrected chi connectivity index (χ1v) is 6.91. The van der Waals surface area contributed by atoms with Crippen molar-refractivity contribution in [2.45, 2.75) is 26.3 Å². The zero-order chi connectivity index (χ0) is 14.1. The van der Waals surface area contributed by atoms with E-state index in [2.05, 4.69) is 36.6 Å². The van der Waals surface area contributed by atoms with E-state index >= 15 is 0 Å². The zero-order valence-electron chi connectivity index (χ0n) is 11.8. The summed E-state index contributed by atoms with van der Waals surface area (Å²) in [5, 5.41) is 0. The van der Waals surface area contributed by atoms with Crippen LogP contribution in [0, 0.1) is 0 Å². The minimum atomic E-state index is 0.387. The average Bonchev–Trinajstić information content (AvgIpc) is 2.81. The molecule has 0 aliphatic rings. The lowest BCUT2D eigenvalue weighted by Crippen LogP contribution is -2.06. The van der Waals surface area contributed by atoms with Crippen molar-refractivity contribution in [1.29, 1.82) is 0 Å². The van der Waals surface area contributed by atoms with E-state index in [0.29, 0.717) is 11.6 Å². The molecule has 0 unspecified atom stereocenters. The Morgan fingerprint density at radius 1 is 1.05 bits per heavy atom. The maximum Gasteiger partial charge on any atom is 0.112 e. The number of rotatable bonds is 3. The average molecular weight is 264 g/mol. The minimum absolute atomic E-state index is 0.387. The molecule has 2 aromatic carbocycles. The highest BCUT2D eigenvalue weighted by Gasteiger charge is 2.13. The van der Waals surface area contributed by atoms with Crippen LogP contribution in [0.4, 0.5) is 5.69 Å². The maximum atomic E-state index is 7.56. The standard InChI is InChI=1S/C17H18N3/c1-12(2)17-19-15-5-3-4-6-16(15)20(17)11-13-7-9-14(18)10-8-13/h3-10,12,18H,11H2,1-2H3. The third-order valence-electron chi connectivity index (χ3n) is 3.50. The summed E-state index contributed by atoms with van der Waals surface area (Å²) in [4.78, 5) is 4.75. The molecule has 0 saturated carbocycles. The summed E-state index contributed by atoms with van der Waals surface area (Å²) in [7, 11) is 0. The Hall–Kier alpha value is -2.29. The lowest BCUT2D eigenvalue weighted by molar-refractivity contribution is 0.683. The molecule has 0 aliphatic heterocycles. The van der Waals surface area contributed by atoms with Gasteiger partial charge in [0.1, 0.15) is 5.82 Å². The molecule has 3 aromatic rings. The summed E-state index contributed by atoms with van der Waals surface area (Å²) in [6.07, 6.45) is 0. The van der Waals surface area contributed by atoms with Gasteiger partial charge in [0.2, 0.25) is 0 Å². The number of nitrogens with one attached hydrogen (secondary N) is 1. The Kier molecular flexibility index (Phi) is 3.18. The summed E-state index contributed by atoms with van der Waals surface area (Å²) in [5.74, 6) is 1.50. The van der Waals surface area contributed by atoms with Crippen LogP contribution in [0.25, 0.3) is 11.0 Å². The van der Waals surface area contributed by atoms with Gasteiger partial charge in [0.05, 0.1) is 16.7 Å². The molecular weight excluding hydrogens is 246 g/mol. The van der Waals surface area contributed by atoms with Crippen molar-refractivity contribution in [3.05, 3.63) is 59.9 Å². The van der Waals surface area contributed by atoms with Gasteiger partial charge < -0.3 is 10.3 Å². The van der Waals surface area contributed by atoms with Crippen molar-refractivity contribution >= 4 is 16.7 Å². The molecule has 20 heavy (non-hydrogen) atoms. The molecule has 1 N–H and O–H groups in total. The smallest absolute Gasteiger partial charge is 0.112 e. The molecule has 0 spiro atoms. The van der Waals surface area contributed by atoms with Crippen LogP contribution in [0.15, 0.2) is 48.5 Å². The molecule has 1 heterocycles. The Bertz CT molecular complexity index is 724. The minimum Gasteiger partial charge on any atom is -0.323 e. The van der Waals surface area contributed by atoms with E-state index in [4.69, 9.17) is 10.7 Å². The van der Waals surface area contributed by atoms with Crippen LogP contribution >= 0.6 is 0 Å². The van der Waals surface area contributed by atoms with Gasteiger partial charge in [-0.3, -0.25) is 0 Å². The van der Waals surface area contributed by atoms with Crippen LogP contribution in [0.1, 0.15) is 31.2 Å². The summed E-state index contributed by atoms with van der Waals surface area (Å²) < 4.78 is 2.28. The van der Waals surface area contributed by atoms with Gasteiger partial charge in [0, 0.05) is 12.5 Å². The van der Waals surface area contributed by atoms with Crippen molar-refractivity contribution in [2.75, 3.05) is 0 Å². The largest absolute Gasteiger partial charge is 0.323 e. The molecule has 101 valence electrons. The fourth-order valence-electron chi connectivity index (χ4n) is 2.49. The second kappa shape index (κ2) is 5.00. The number of fused-ring (bicyclic) bond motifs is 1. The van der Waals surface area contributed by atoms with Gasteiger partial charge in [-0.2, -0.15) is 0 Å². The third-order valence-corrected chi connectivity index (χ3v) is 3.50. The lowest BCUT2D eigenvalue weighted by Gasteiger charge is -2.11.